The number of hydrogen-bond donors (Lipinski definition) is 6. The van der Waals surface area contributed by atoms with E-state index in [1.807, 2.05) is 0 Å². The zero-order valence-electron chi connectivity index (χ0n) is 20.2. The predicted octanol–water partition coefficient (Wildman–Crippen LogP) is 1.78. The zero-order chi connectivity index (χ0) is 27.9. The molecule has 0 bridgehead atoms. The van der Waals surface area contributed by atoms with E-state index in [0.717, 1.165) is 11.3 Å². The van der Waals surface area contributed by atoms with Crippen LogP contribution in [0.15, 0.2) is 51.8 Å². The summed E-state index contributed by atoms with van der Waals surface area (Å²) in [5.74, 6) is -2.09. The number of hydrogen-bond acceptors (Lipinski definition) is 8. The van der Waals surface area contributed by atoms with Crippen LogP contribution in [-0.4, -0.2) is 53.7 Å². The quantitative estimate of drug-likeness (QED) is 0.0984. The Morgan fingerprint density at radius 2 is 1.97 bits per heavy atom. The van der Waals surface area contributed by atoms with Gasteiger partial charge in [0.05, 0.1) is 22.9 Å². The van der Waals surface area contributed by atoms with Crippen LogP contribution in [0.3, 0.4) is 0 Å². The smallest absolute Gasteiger partial charge is 0.326 e. The van der Waals surface area contributed by atoms with Crippen molar-refractivity contribution >= 4 is 62.2 Å². The van der Waals surface area contributed by atoms with E-state index >= 15 is 0 Å². The average molecular weight is 583 g/mol. The Morgan fingerprint density at radius 3 is 2.63 bits per heavy atom. The molecule has 0 saturated heterocycles. The molecule has 1 atom stereocenters. The van der Waals surface area contributed by atoms with Crippen LogP contribution in [-0.2, 0) is 28.4 Å². The second-order valence-electron chi connectivity index (χ2n) is 8.03. The number of guanidine groups is 1. The molecular formula is C22H27ClN8O5S2. The molecule has 0 aliphatic heterocycles. The van der Waals surface area contributed by atoms with Crippen molar-refractivity contribution in [3.63, 3.8) is 0 Å². The van der Waals surface area contributed by atoms with E-state index in [9.17, 15) is 23.1 Å². The van der Waals surface area contributed by atoms with Gasteiger partial charge in [-0.15, -0.1) is 11.3 Å². The number of thiophene rings is 1. The molecule has 2 aromatic heterocycles. The lowest BCUT2D eigenvalue weighted by Crippen LogP contribution is -2.40. The number of aryl methyl sites for hydroxylation is 1. The van der Waals surface area contributed by atoms with Crippen LogP contribution in [0.2, 0.25) is 5.02 Å². The highest BCUT2D eigenvalue weighted by Gasteiger charge is 2.26. The summed E-state index contributed by atoms with van der Waals surface area (Å²) in [5.41, 5.74) is 11.4. The summed E-state index contributed by atoms with van der Waals surface area (Å²) in [7, 11) is -2.43. The van der Waals surface area contributed by atoms with Gasteiger partial charge in [0.15, 0.2) is 5.96 Å². The van der Waals surface area contributed by atoms with Crippen molar-refractivity contribution < 1.29 is 23.1 Å². The van der Waals surface area contributed by atoms with Gasteiger partial charge >= 0.3 is 5.97 Å². The number of rotatable bonds is 13. The third-order valence-corrected chi connectivity index (χ3v) is 7.79. The first-order valence-corrected chi connectivity index (χ1v) is 13.9. The number of nitrogens with one attached hydrogen (secondary N) is 3. The molecule has 13 nitrogen and oxygen atoms in total. The largest absolute Gasteiger partial charge is 0.480 e. The van der Waals surface area contributed by atoms with E-state index in [1.165, 1.54) is 17.5 Å². The highest BCUT2D eigenvalue weighted by atomic mass is 35.5. The Morgan fingerprint density at radius 1 is 1.24 bits per heavy atom. The van der Waals surface area contributed by atoms with Crippen molar-refractivity contribution in [2.45, 2.75) is 30.3 Å². The Bertz CT molecular complexity index is 1430. The van der Waals surface area contributed by atoms with Gasteiger partial charge in [-0.25, -0.2) is 13.2 Å². The molecule has 0 radical (unpaired) electrons. The monoisotopic (exact) mass is 582 g/mol. The van der Waals surface area contributed by atoms with Gasteiger partial charge in [-0.2, -0.15) is 5.10 Å². The molecule has 0 saturated carbocycles. The molecule has 0 unspecified atom stereocenters. The van der Waals surface area contributed by atoms with Crippen LogP contribution in [0.4, 0.5) is 11.4 Å². The van der Waals surface area contributed by atoms with E-state index in [4.69, 9.17) is 23.1 Å². The minimum atomic E-state index is -4.15. The molecule has 3 aromatic rings. The normalized spacial score (nSPS) is 11.9. The number of benzene rings is 1. The van der Waals surface area contributed by atoms with Crippen molar-refractivity contribution in [1.29, 1.82) is 0 Å². The van der Waals surface area contributed by atoms with Crippen molar-refractivity contribution in [3.05, 3.63) is 57.5 Å². The maximum atomic E-state index is 13.3. The molecule has 0 aliphatic carbocycles. The number of carbonyl (C=O) groups excluding carboxylic acids is 1. The van der Waals surface area contributed by atoms with Gasteiger partial charge in [0.2, 0.25) is 0 Å². The van der Waals surface area contributed by atoms with Crippen molar-refractivity contribution in [1.82, 2.24) is 15.1 Å². The summed E-state index contributed by atoms with van der Waals surface area (Å²) in [5, 5.41) is 21.1. The number of aliphatic carboxylic acids is 1. The van der Waals surface area contributed by atoms with Crippen molar-refractivity contribution in [2.75, 3.05) is 16.6 Å². The van der Waals surface area contributed by atoms with Crippen LogP contribution in [0, 0.1) is 0 Å². The minimum Gasteiger partial charge on any atom is -0.480 e. The number of carbonyl (C=O) groups is 2. The summed E-state index contributed by atoms with van der Waals surface area (Å²) >= 11 is 7.11. The first-order chi connectivity index (χ1) is 18.0. The molecule has 0 spiro atoms. The van der Waals surface area contributed by atoms with Crippen molar-refractivity contribution in [3.8, 4) is 0 Å². The summed E-state index contributed by atoms with van der Waals surface area (Å²) < 4.78 is 30.5. The second kappa shape index (κ2) is 12.6. The topological polar surface area (TPSA) is 207 Å². The third kappa shape index (κ3) is 7.60. The fourth-order valence-corrected chi connectivity index (χ4v) is 5.72. The molecular weight excluding hydrogens is 556 g/mol. The number of nitrogens with zero attached hydrogens (tertiary/aromatic N) is 3. The summed E-state index contributed by atoms with van der Waals surface area (Å²) in [6.45, 7) is 0.379. The Hall–Kier alpha value is -3.82. The SMILES string of the molecule is Cn1cc(Cl)c(CNc2ccccc2S(=O)(=O)Nc2ccsc2C(=O)N[C@@H](CCCN=C(N)N)C(=O)O)n1. The van der Waals surface area contributed by atoms with E-state index in [0.29, 0.717) is 22.8 Å². The Kier molecular flexibility index (Phi) is 9.55. The molecule has 2 heterocycles. The van der Waals surface area contributed by atoms with Gasteiger partial charge in [0, 0.05) is 19.8 Å². The lowest BCUT2D eigenvalue weighted by atomic mass is 10.1. The lowest BCUT2D eigenvalue weighted by Gasteiger charge is -2.16. The average Bonchev–Trinajstić information content (AvgIpc) is 3.43. The summed E-state index contributed by atoms with van der Waals surface area (Å²) in [6, 6.07) is 6.44. The number of aliphatic imine (C=N–C) groups is 1. The molecule has 3 rings (SSSR count). The molecule has 1 amide bonds. The number of para-hydroxylation sites is 1. The third-order valence-electron chi connectivity index (χ3n) is 5.14. The maximum absolute atomic E-state index is 13.3. The first kappa shape index (κ1) is 28.7. The van der Waals surface area contributed by atoms with Gasteiger partial charge in [-0.3, -0.25) is 19.2 Å². The van der Waals surface area contributed by atoms with Crippen LogP contribution in [0.25, 0.3) is 0 Å². The van der Waals surface area contributed by atoms with Gasteiger partial charge < -0.3 is 27.2 Å². The van der Waals surface area contributed by atoms with E-state index in [1.54, 1.807) is 36.1 Å². The number of halogens is 1. The Balaban J connectivity index is 1.74. The predicted molar refractivity (Wildman–Crippen MR) is 146 cm³/mol. The van der Waals surface area contributed by atoms with Crippen LogP contribution >= 0.6 is 22.9 Å². The van der Waals surface area contributed by atoms with E-state index < -0.39 is 27.9 Å². The fraction of sp³-hybridized carbons (Fsp3) is 0.273. The number of carboxylic acids is 1. The summed E-state index contributed by atoms with van der Waals surface area (Å²) in [4.78, 5) is 28.2. The van der Waals surface area contributed by atoms with Crippen LogP contribution < -0.4 is 26.8 Å². The minimum absolute atomic E-state index is 0.00903. The van der Waals surface area contributed by atoms with Gasteiger partial charge in [0.25, 0.3) is 15.9 Å². The standard InChI is InChI=1S/C22H27ClN8O5S2/c1-31-12-13(23)17(29-31)11-27-14-5-2-3-7-18(14)38(35,36)30-15-8-10-37-19(15)20(32)28-16(21(33)34)6-4-9-26-22(24)25/h2-3,5,7-8,10,12,16,27,30H,4,6,9,11H2,1H3,(H,28,32)(H,33,34)(H4,24,25,26)/t16-/m0/s1. The van der Waals surface area contributed by atoms with Crippen LogP contribution in [0.1, 0.15) is 28.2 Å². The lowest BCUT2D eigenvalue weighted by molar-refractivity contribution is -0.139. The molecule has 1 aromatic carbocycles. The van der Waals surface area contributed by atoms with Gasteiger partial charge in [0.1, 0.15) is 21.5 Å². The number of sulfonamides is 1. The number of anilines is 2. The summed E-state index contributed by atoms with van der Waals surface area (Å²) in [6.07, 6.45) is 2.01. The number of nitrogens with two attached hydrogens (primary N) is 2. The number of carboxylic acid groups (broad SMARTS) is 1. The number of aromatic nitrogens is 2. The molecule has 38 heavy (non-hydrogen) atoms. The Labute approximate surface area is 227 Å². The van der Waals surface area contributed by atoms with Crippen molar-refractivity contribution in [2.24, 2.45) is 23.5 Å². The molecule has 0 fully saturated rings. The number of amides is 1. The van der Waals surface area contributed by atoms with E-state index in [2.05, 4.69) is 25.4 Å². The molecule has 16 heteroatoms. The van der Waals surface area contributed by atoms with Gasteiger partial charge in [-0.05, 0) is 36.4 Å². The molecule has 8 N–H and O–H groups in total. The zero-order valence-corrected chi connectivity index (χ0v) is 22.6. The maximum Gasteiger partial charge on any atom is 0.326 e. The molecule has 204 valence electrons. The fourth-order valence-electron chi connectivity index (χ4n) is 3.40. The second-order valence-corrected chi connectivity index (χ2v) is 11.0. The van der Waals surface area contributed by atoms with Crippen LogP contribution in [0.5, 0.6) is 0 Å². The molecule has 0 aliphatic rings. The highest BCUT2D eigenvalue weighted by molar-refractivity contribution is 7.93. The van der Waals surface area contributed by atoms with Gasteiger partial charge in [-0.1, -0.05) is 23.7 Å². The highest BCUT2D eigenvalue weighted by Crippen LogP contribution is 2.29. The van der Waals surface area contributed by atoms with E-state index in [-0.39, 0.29) is 40.9 Å². The first-order valence-electron chi connectivity index (χ1n) is 11.2.